The molecule has 4 aromatic rings. The Balaban J connectivity index is 1.85. The van der Waals surface area contributed by atoms with E-state index in [0.717, 1.165) is 10.8 Å². The molecule has 0 unspecified atom stereocenters. The zero-order valence-electron chi connectivity index (χ0n) is 12.9. The maximum Gasteiger partial charge on any atom is 0.259 e. The van der Waals surface area contributed by atoms with Gasteiger partial charge in [0, 0.05) is 21.9 Å². The summed E-state index contributed by atoms with van der Waals surface area (Å²) >= 11 is 0. The molecule has 0 spiro atoms. The molecule has 0 fully saturated rings. The van der Waals surface area contributed by atoms with Gasteiger partial charge < -0.3 is 8.83 Å². The highest BCUT2D eigenvalue weighted by molar-refractivity contribution is 6.50. The molecule has 2 aromatic heterocycles. The molecular formula is C20H11NO4. The average Bonchev–Trinajstić information content (AvgIpc) is 3.30. The molecule has 0 atom stereocenters. The van der Waals surface area contributed by atoms with Crippen molar-refractivity contribution in [3.63, 3.8) is 0 Å². The smallest absolute Gasteiger partial charge is 0.259 e. The normalized spacial score (nSPS) is 14.7. The largest absolute Gasteiger partial charge is 0.464 e. The van der Waals surface area contributed by atoms with E-state index in [0.29, 0.717) is 33.4 Å². The van der Waals surface area contributed by atoms with E-state index in [1.165, 1.54) is 12.5 Å². The van der Waals surface area contributed by atoms with Crippen molar-refractivity contribution < 1.29 is 18.4 Å². The quantitative estimate of drug-likeness (QED) is 0.569. The van der Waals surface area contributed by atoms with Crippen molar-refractivity contribution in [2.75, 3.05) is 0 Å². The van der Waals surface area contributed by atoms with Gasteiger partial charge in [-0.15, -0.1) is 0 Å². The lowest BCUT2D eigenvalue weighted by Gasteiger charge is -2.01. The Morgan fingerprint density at radius 3 is 1.56 bits per heavy atom. The summed E-state index contributed by atoms with van der Waals surface area (Å²) in [6.07, 6.45) is 3.03. The number of benzene rings is 2. The van der Waals surface area contributed by atoms with Crippen LogP contribution in [-0.4, -0.2) is 11.8 Å². The number of rotatable bonds is 2. The van der Waals surface area contributed by atoms with Crippen molar-refractivity contribution in [2.45, 2.75) is 0 Å². The molecule has 5 heteroatoms. The van der Waals surface area contributed by atoms with Gasteiger partial charge in [0.25, 0.3) is 11.8 Å². The van der Waals surface area contributed by atoms with Crippen LogP contribution in [0.2, 0.25) is 0 Å². The standard InChI is InChI=1S/C20H11NO4/c22-19-17(13-9-24-15-7-3-1-5-11(13)15)18(20(23)21-19)14-10-25-16-8-4-2-6-12(14)16/h1-10H,(H,21,22,23). The van der Waals surface area contributed by atoms with Crippen molar-refractivity contribution >= 4 is 44.9 Å². The van der Waals surface area contributed by atoms with E-state index in [1.807, 2.05) is 48.5 Å². The molecular weight excluding hydrogens is 318 g/mol. The van der Waals surface area contributed by atoms with E-state index < -0.39 is 11.8 Å². The third kappa shape index (κ3) is 1.89. The first-order valence-electron chi connectivity index (χ1n) is 7.77. The highest BCUT2D eigenvalue weighted by Gasteiger charge is 2.35. The molecule has 5 nitrogen and oxygen atoms in total. The minimum atomic E-state index is -0.433. The number of carbonyl (C=O) groups is 2. The van der Waals surface area contributed by atoms with Crippen LogP contribution in [0.1, 0.15) is 11.1 Å². The lowest BCUT2D eigenvalue weighted by atomic mass is 9.95. The number of nitrogens with one attached hydrogen (secondary N) is 1. The third-order valence-corrected chi connectivity index (χ3v) is 4.43. The van der Waals surface area contributed by atoms with E-state index >= 15 is 0 Å². The summed E-state index contributed by atoms with van der Waals surface area (Å²) in [6.45, 7) is 0. The fraction of sp³-hybridized carbons (Fsp3) is 0. The zero-order valence-corrected chi connectivity index (χ0v) is 12.9. The van der Waals surface area contributed by atoms with E-state index in [2.05, 4.69) is 5.32 Å². The summed E-state index contributed by atoms with van der Waals surface area (Å²) in [6, 6.07) is 14.8. The van der Waals surface area contributed by atoms with Crippen LogP contribution in [0, 0.1) is 0 Å². The third-order valence-electron chi connectivity index (χ3n) is 4.43. The van der Waals surface area contributed by atoms with Crippen LogP contribution >= 0.6 is 0 Å². The molecule has 0 aliphatic carbocycles. The molecule has 1 aliphatic rings. The van der Waals surface area contributed by atoms with E-state index in [1.54, 1.807) is 0 Å². The summed E-state index contributed by atoms with van der Waals surface area (Å²) in [5.74, 6) is -0.867. The fourth-order valence-electron chi connectivity index (χ4n) is 3.31. The number of amides is 2. The van der Waals surface area contributed by atoms with Gasteiger partial charge in [0.15, 0.2) is 0 Å². The van der Waals surface area contributed by atoms with Crippen molar-refractivity contribution in [1.29, 1.82) is 0 Å². The lowest BCUT2D eigenvalue weighted by molar-refractivity contribution is -0.122. The highest BCUT2D eigenvalue weighted by Crippen LogP contribution is 2.38. The van der Waals surface area contributed by atoms with Gasteiger partial charge in [0.05, 0.1) is 23.7 Å². The molecule has 0 saturated carbocycles. The van der Waals surface area contributed by atoms with Gasteiger partial charge in [0.1, 0.15) is 11.2 Å². The lowest BCUT2D eigenvalue weighted by Crippen LogP contribution is -2.22. The monoisotopic (exact) mass is 329 g/mol. The van der Waals surface area contributed by atoms with Gasteiger partial charge in [0.2, 0.25) is 0 Å². The number of hydrogen-bond acceptors (Lipinski definition) is 4. The highest BCUT2D eigenvalue weighted by atomic mass is 16.3. The first-order valence-corrected chi connectivity index (χ1v) is 7.77. The molecule has 2 amide bonds. The Bertz CT molecular complexity index is 1110. The molecule has 1 aliphatic heterocycles. The molecule has 25 heavy (non-hydrogen) atoms. The van der Waals surface area contributed by atoms with Gasteiger partial charge in [-0.1, -0.05) is 36.4 Å². The topological polar surface area (TPSA) is 72.5 Å². The molecule has 120 valence electrons. The summed E-state index contributed by atoms with van der Waals surface area (Å²) in [5, 5.41) is 3.96. The SMILES string of the molecule is O=C1NC(=O)C(c2coc3ccccc23)=C1c1coc2ccccc12. The minimum absolute atomic E-state index is 0.307. The van der Waals surface area contributed by atoms with Crippen LogP contribution in [0.25, 0.3) is 33.1 Å². The number of carbonyl (C=O) groups excluding carboxylic acids is 2. The predicted octanol–water partition coefficient (Wildman–Crippen LogP) is 3.75. The number of furan rings is 2. The maximum atomic E-state index is 12.5. The number of para-hydroxylation sites is 2. The first-order chi connectivity index (χ1) is 12.2. The van der Waals surface area contributed by atoms with Crippen molar-refractivity contribution in [1.82, 2.24) is 5.32 Å². The summed E-state index contributed by atoms with van der Waals surface area (Å²) in [7, 11) is 0. The number of imide groups is 1. The molecule has 5 rings (SSSR count). The van der Waals surface area contributed by atoms with Gasteiger partial charge in [-0.25, -0.2) is 0 Å². The molecule has 2 aromatic carbocycles. The van der Waals surface area contributed by atoms with Crippen LogP contribution in [0.5, 0.6) is 0 Å². The zero-order chi connectivity index (χ0) is 17.0. The maximum absolute atomic E-state index is 12.5. The minimum Gasteiger partial charge on any atom is -0.464 e. The summed E-state index contributed by atoms with van der Waals surface area (Å²) in [5.41, 5.74) is 3.13. The van der Waals surface area contributed by atoms with E-state index in [9.17, 15) is 9.59 Å². The Morgan fingerprint density at radius 1 is 0.640 bits per heavy atom. The van der Waals surface area contributed by atoms with Crippen LogP contribution < -0.4 is 5.32 Å². The van der Waals surface area contributed by atoms with Gasteiger partial charge in [-0.05, 0) is 12.1 Å². The van der Waals surface area contributed by atoms with Crippen molar-refractivity contribution in [3.8, 4) is 0 Å². The van der Waals surface area contributed by atoms with Crippen LogP contribution in [0.15, 0.2) is 69.9 Å². The molecule has 1 N–H and O–H groups in total. The molecule has 3 heterocycles. The Labute approximate surface area is 141 Å². The second-order valence-corrected chi connectivity index (χ2v) is 5.82. The van der Waals surface area contributed by atoms with Gasteiger partial charge in [-0.2, -0.15) is 0 Å². The molecule has 0 bridgehead atoms. The Kier molecular flexibility index (Phi) is 2.73. The first kappa shape index (κ1) is 13.8. The predicted molar refractivity (Wildman–Crippen MR) is 92.4 cm³/mol. The van der Waals surface area contributed by atoms with Crippen LogP contribution in [0.3, 0.4) is 0 Å². The molecule has 0 saturated heterocycles. The van der Waals surface area contributed by atoms with E-state index in [-0.39, 0.29) is 0 Å². The number of hydrogen-bond donors (Lipinski definition) is 1. The van der Waals surface area contributed by atoms with Crippen molar-refractivity contribution in [2.24, 2.45) is 0 Å². The Hall–Kier alpha value is -3.60. The second-order valence-electron chi connectivity index (χ2n) is 5.82. The van der Waals surface area contributed by atoms with Crippen LogP contribution in [-0.2, 0) is 9.59 Å². The fourth-order valence-corrected chi connectivity index (χ4v) is 3.31. The Morgan fingerprint density at radius 2 is 1.08 bits per heavy atom. The van der Waals surface area contributed by atoms with Crippen LogP contribution in [0.4, 0.5) is 0 Å². The summed E-state index contributed by atoms with van der Waals surface area (Å²) in [4.78, 5) is 25.0. The second kappa shape index (κ2) is 4.95. The molecule has 0 radical (unpaired) electrons. The van der Waals surface area contributed by atoms with Gasteiger partial charge >= 0.3 is 0 Å². The van der Waals surface area contributed by atoms with E-state index in [4.69, 9.17) is 8.83 Å². The average molecular weight is 329 g/mol. The van der Waals surface area contributed by atoms with Crippen molar-refractivity contribution in [3.05, 3.63) is 72.2 Å². The van der Waals surface area contributed by atoms with Gasteiger partial charge in [-0.3, -0.25) is 14.9 Å². The summed E-state index contributed by atoms with van der Waals surface area (Å²) < 4.78 is 11.1. The number of fused-ring (bicyclic) bond motifs is 2.